The minimum atomic E-state index is -0.323. The first-order chi connectivity index (χ1) is 10.2. The van der Waals surface area contributed by atoms with Crippen molar-refractivity contribution in [2.75, 3.05) is 11.9 Å². The van der Waals surface area contributed by atoms with Crippen LogP contribution in [-0.4, -0.2) is 11.5 Å². The molecule has 1 N–H and O–H groups in total. The number of nitro groups is 1. The van der Waals surface area contributed by atoms with Crippen molar-refractivity contribution in [3.05, 3.63) is 33.9 Å². The van der Waals surface area contributed by atoms with Gasteiger partial charge in [-0.05, 0) is 19.4 Å². The van der Waals surface area contributed by atoms with E-state index in [0.717, 1.165) is 24.2 Å². The molecular formula is C17H28N2O2. The van der Waals surface area contributed by atoms with Gasteiger partial charge in [0.2, 0.25) is 0 Å². The van der Waals surface area contributed by atoms with E-state index in [1.807, 2.05) is 6.07 Å². The predicted molar refractivity (Wildman–Crippen MR) is 88.9 cm³/mol. The number of rotatable bonds is 11. The van der Waals surface area contributed by atoms with E-state index in [2.05, 4.69) is 12.2 Å². The number of benzene rings is 1. The van der Waals surface area contributed by atoms with Crippen molar-refractivity contribution in [1.29, 1.82) is 0 Å². The van der Waals surface area contributed by atoms with Crippen LogP contribution in [0.15, 0.2) is 18.2 Å². The third kappa shape index (κ3) is 6.61. The second kappa shape index (κ2) is 10.2. The van der Waals surface area contributed by atoms with Crippen molar-refractivity contribution in [3.8, 4) is 0 Å². The molecular weight excluding hydrogens is 264 g/mol. The van der Waals surface area contributed by atoms with Crippen molar-refractivity contribution in [2.24, 2.45) is 0 Å². The molecule has 118 valence electrons. The number of unbranched alkanes of at least 4 members (excludes halogenated alkanes) is 7. The zero-order chi connectivity index (χ0) is 15.5. The highest BCUT2D eigenvalue weighted by molar-refractivity contribution is 5.59. The molecule has 4 heteroatoms. The molecule has 1 aromatic rings. The Kier molecular flexibility index (Phi) is 8.48. The predicted octanol–water partition coefficient (Wildman–Crippen LogP) is 5.46. The number of hydrogen-bond acceptors (Lipinski definition) is 3. The lowest BCUT2D eigenvalue weighted by Crippen LogP contribution is -2.04. The molecule has 0 aliphatic heterocycles. The average Bonchev–Trinajstić information content (AvgIpc) is 2.46. The maximum atomic E-state index is 10.9. The molecule has 0 unspecified atom stereocenters. The fraction of sp³-hybridized carbons (Fsp3) is 0.647. The zero-order valence-electron chi connectivity index (χ0n) is 13.4. The molecule has 0 aliphatic rings. The minimum absolute atomic E-state index is 0.191. The van der Waals surface area contributed by atoms with E-state index in [-0.39, 0.29) is 10.6 Å². The molecule has 4 nitrogen and oxygen atoms in total. The molecule has 0 radical (unpaired) electrons. The van der Waals surface area contributed by atoms with Crippen molar-refractivity contribution in [2.45, 2.75) is 65.2 Å². The highest BCUT2D eigenvalue weighted by Crippen LogP contribution is 2.25. The lowest BCUT2D eigenvalue weighted by atomic mass is 10.1. The Balaban J connectivity index is 2.19. The first kappa shape index (κ1) is 17.5. The first-order valence-corrected chi connectivity index (χ1v) is 8.14. The van der Waals surface area contributed by atoms with Crippen molar-refractivity contribution < 1.29 is 4.92 Å². The van der Waals surface area contributed by atoms with E-state index in [1.54, 1.807) is 19.1 Å². The van der Waals surface area contributed by atoms with Gasteiger partial charge < -0.3 is 5.32 Å². The van der Waals surface area contributed by atoms with Crippen LogP contribution in [0.2, 0.25) is 0 Å². The summed E-state index contributed by atoms with van der Waals surface area (Å²) in [6, 6.07) is 5.20. The minimum Gasteiger partial charge on any atom is -0.385 e. The summed E-state index contributed by atoms with van der Waals surface area (Å²) in [7, 11) is 0. The maximum absolute atomic E-state index is 10.9. The van der Waals surface area contributed by atoms with Crippen LogP contribution < -0.4 is 5.32 Å². The Hall–Kier alpha value is -1.58. The molecule has 0 aliphatic carbocycles. The van der Waals surface area contributed by atoms with Gasteiger partial charge in [-0.25, -0.2) is 0 Å². The van der Waals surface area contributed by atoms with E-state index in [4.69, 9.17) is 0 Å². The fourth-order valence-corrected chi connectivity index (χ4v) is 2.49. The van der Waals surface area contributed by atoms with Crippen LogP contribution in [0, 0.1) is 17.0 Å². The van der Waals surface area contributed by atoms with Crippen LogP contribution in [0.4, 0.5) is 11.4 Å². The molecule has 0 bridgehead atoms. The SMILES string of the molecule is CCCCCCCCCCNc1cccc([N+](=O)[O-])c1C. The molecule has 0 spiro atoms. The highest BCUT2D eigenvalue weighted by Gasteiger charge is 2.12. The topological polar surface area (TPSA) is 55.2 Å². The highest BCUT2D eigenvalue weighted by atomic mass is 16.6. The molecule has 0 heterocycles. The summed E-state index contributed by atoms with van der Waals surface area (Å²) in [5.74, 6) is 0. The lowest BCUT2D eigenvalue weighted by Gasteiger charge is -2.09. The summed E-state index contributed by atoms with van der Waals surface area (Å²) in [4.78, 5) is 10.6. The van der Waals surface area contributed by atoms with Gasteiger partial charge in [0.1, 0.15) is 0 Å². The zero-order valence-corrected chi connectivity index (χ0v) is 13.4. The number of nitrogens with one attached hydrogen (secondary N) is 1. The Morgan fingerprint density at radius 1 is 1.05 bits per heavy atom. The Labute approximate surface area is 128 Å². The first-order valence-electron chi connectivity index (χ1n) is 8.14. The average molecular weight is 292 g/mol. The van der Waals surface area contributed by atoms with Gasteiger partial charge in [-0.1, -0.05) is 57.9 Å². The molecule has 0 aromatic heterocycles. The number of hydrogen-bond donors (Lipinski definition) is 1. The van der Waals surface area contributed by atoms with Gasteiger partial charge in [-0.2, -0.15) is 0 Å². The van der Waals surface area contributed by atoms with E-state index >= 15 is 0 Å². The lowest BCUT2D eigenvalue weighted by molar-refractivity contribution is -0.385. The van der Waals surface area contributed by atoms with E-state index in [1.165, 1.54) is 44.9 Å². The third-order valence-electron chi connectivity index (χ3n) is 3.85. The maximum Gasteiger partial charge on any atom is 0.274 e. The van der Waals surface area contributed by atoms with Crippen LogP contribution in [0.25, 0.3) is 0 Å². The van der Waals surface area contributed by atoms with Crippen molar-refractivity contribution in [3.63, 3.8) is 0 Å². The van der Waals surface area contributed by atoms with Crippen molar-refractivity contribution >= 4 is 11.4 Å². The van der Waals surface area contributed by atoms with Crippen LogP contribution >= 0.6 is 0 Å². The number of anilines is 1. The quantitative estimate of drug-likeness (QED) is 0.335. The Morgan fingerprint density at radius 2 is 1.67 bits per heavy atom. The van der Waals surface area contributed by atoms with Crippen LogP contribution in [-0.2, 0) is 0 Å². The second-order valence-corrected chi connectivity index (χ2v) is 5.61. The molecule has 0 saturated heterocycles. The second-order valence-electron chi connectivity index (χ2n) is 5.61. The Bertz CT molecular complexity index is 433. The summed E-state index contributed by atoms with van der Waals surface area (Å²) in [5, 5.41) is 14.2. The van der Waals surface area contributed by atoms with E-state index < -0.39 is 0 Å². The van der Waals surface area contributed by atoms with Crippen LogP contribution in [0.1, 0.15) is 63.9 Å². The molecule has 0 amide bonds. The third-order valence-corrected chi connectivity index (χ3v) is 3.85. The van der Waals surface area contributed by atoms with Gasteiger partial charge in [0.15, 0.2) is 0 Å². The number of nitro benzene ring substituents is 1. The normalized spacial score (nSPS) is 10.6. The van der Waals surface area contributed by atoms with Gasteiger partial charge in [-0.15, -0.1) is 0 Å². The number of nitrogens with zero attached hydrogens (tertiary/aromatic N) is 1. The molecule has 0 atom stereocenters. The van der Waals surface area contributed by atoms with Gasteiger partial charge in [0.05, 0.1) is 4.92 Å². The smallest absolute Gasteiger partial charge is 0.274 e. The van der Waals surface area contributed by atoms with Crippen molar-refractivity contribution in [1.82, 2.24) is 0 Å². The van der Waals surface area contributed by atoms with Crippen LogP contribution in [0.5, 0.6) is 0 Å². The van der Waals surface area contributed by atoms with Gasteiger partial charge in [0.25, 0.3) is 5.69 Å². The standard InChI is InChI=1S/C17H28N2O2/c1-3-4-5-6-7-8-9-10-14-18-16-12-11-13-17(15(16)2)19(20)21/h11-13,18H,3-10,14H2,1-2H3. The molecule has 1 rings (SSSR count). The van der Waals surface area contributed by atoms with Gasteiger partial charge in [-0.3, -0.25) is 10.1 Å². The van der Waals surface area contributed by atoms with Gasteiger partial charge >= 0.3 is 0 Å². The molecule has 0 saturated carbocycles. The molecule has 21 heavy (non-hydrogen) atoms. The fourth-order valence-electron chi connectivity index (χ4n) is 2.49. The largest absolute Gasteiger partial charge is 0.385 e. The summed E-state index contributed by atoms with van der Waals surface area (Å²) in [5.41, 5.74) is 1.80. The summed E-state index contributed by atoms with van der Waals surface area (Å²) in [6.45, 7) is 4.92. The van der Waals surface area contributed by atoms with E-state index in [9.17, 15) is 10.1 Å². The summed E-state index contributed by atoms with van der Waals surface area (Å²) < 4.78 is 0. The molecule has 1 aromatic carbocycles. The summed E-state index contributed by atoms with van der Waals surface area (Å²) >= 11 is 0. The van der Waals surface area contributed by atoms with E-state index in [0.29, 0.717) is 0 Å². The molecule has 0 fully saturated rings. The summed E-state index contributed by atoms with van der Waals surface area (Å²) in [6.07, 6.45) is 10.3. The Morgan fingerprint density at radius 3 is 2.29 bits per heavy atom. The van der Waals surface area contributed by atoms with Gasteiger partial charge in [0, 0.05) is 23.9 Å². The monoisotopic (exact) mass is 292 g/mol. The van der Waals surface area contributed by atoms with Crippen LogP contribution in [0.3, 0.4) is 0 Å².